The topological polar surface area (TPSA) is 43.1 Å². The number of ketones is 1. The lowest BCUT2D eigenvalue weighted by atomic mass is 9.79. The van der Waals surface area contributed by atoms with Crippen molar-refractivity contribution in [1.29, 1.82) is 0 Å². The minimum atomic E-state index is 0.197. The van der Waals surface area contributed by atoms with Gasteiger partial charge >= 0.3 is 0 Å². The summed E-state index contributed by atoms with van der Waals surface area (Å²) in [6, 6.07) is 5.70. The van der Waals surface area contributed by atoms with Crippen LogP contribution in [0.2, 0.25) is 5.02 Å². The Morgan fingerprint density at radius 3 is 2.58 bits per heavy atom. The van der Waals surface area contributed by atoms with Gasteiger partial charge in [-0.3, -0.25) is 4.79 Å². The first-order valence-electron chi connectivity index (χ1n) is 6.77. The first-order valence-corrected chi connectivity index (χ1v) is 7.94. The van der Waals surface area contributed by atoms with E-state index in [0.717, 1.165) is 42.3 Å². The van der Waals surface area contributed by atoms with Crippen LogP contribution in [0.1, 0.15) is 31.2 Å². The van der Waals surface area contributed by atoms with Gasteiger partial charge in [0.25, 0.3) is 0 Å². The smallest absolute Gasteiger partial charge is 0.140 e. The fourth-order valence-corrected chi connectivity index (χ4v) is 3.46. The first kappa shape index (κ1) is 15.0. The van der Waals surface area contributed by atoms with Crippen molar-refractivity contribution >= 4 is 33.3 Å². The van der Waals surface area contributed by atoms with Gasteiger partial charge < -0.3 is 5.73 Å². The van der Waals surface area contributed by atoms with E-state index < -0.39 is 0 Å². The zero-order valence-corrected chi connectivity index (χ0v) is 13.2. The summed E-state index contributed by atoms with van der Waals surface area (Å²) in [5.74, 6) is 1.13. The Morgan fingerprint density at radius 1 is 1.32 bits per heavy atom. The van der Waals surface area contributed by atoms with Crippen molar-refractivity contribution in [1.82, 2.24) is 0 Å². The van der Waals surface area contributed by atoms with Crippen molar-refractivity contribution in [3.05, 3.63) is 33.3 Å². The van der Waals surface area contributed by atoms with E-state index in [-0.39, 0.29) is 5.92 Å². The third kappa shape index (κ3) is 4.04. The van der Waals surface area contributed by atoms with Gasteiger partial charge in [0, 0.05) is 21.8 Å². The highest BCUT2D eigenvalue weighted by Crippen LogP contribution is 2.30. The average Bonchev–Trinajstić information content (AvgIpc) is 2.42. The van der Waals surface area contributed by atoms with E-state index in [1.807, 2.05) is 18.2 Å². The fraction of sp³-hybridized carbons (Fsp3) is 0.533. The quantitative estimate of drug-likeness (QED) is 0.898. The zero-order valence-electron chi connectivity index (χ0n) is 10.9. The molecule has 1 aromatic carbocycles. The fourth-order valence-electron chi connectivity index (χ4n) is 2.72. The van der Waals surface area contributed by atoms with E-state index in [1.165, 1.54) is 0 Å². The van der Waals surface area contributed by atoms with Crippen LogP contribution in [0.5, 0.6) is 0 Å². The molecule has 0 radical (unpaired) electrons. The molecule has 2 rings (SSSR count). The molecule has 2 nitrogen and oxygen atoms in total. The molecule has 0 saturated heterocycles. The summed E-state index contributed by atoms with van der Waals surface area (Å²) < 4.78 is 0.942. The van der Waals surface area contributed by atoms with Gasteiger partial charge in [0.1, 0.15) is 5.78 Å². The Hall–Kier alpha value is -0.380. The summed E-state index contributed by atoms with van der Waals surface area (Å²) >= 11 is 9.53. The van der Waals surface area contributed by atoms with E-state index in [2.05, 4.69) is 15.9 Å². The highest BCUT2D eigenvalue weighted by Gasteiger charge is 2.25. The van der Waals surface area contributed by atoms with Crippen molar-refractivity contribution in [3.63, 3.8) is 0 Å². The van der Waals surface area contributed by atoms with Gasteiger partial charge in [0.15, 0.2) is 0 Å². The molecule has 1 aliphatic carbocycles. The highest BCUT2D eigenvalue weighted by molar-refractivity contribution is 9.10. The Labute approximate surface area is 127 Å². The van der Waals surface area contributed by atoms with Gasteiger partial charge in [-0.05, 0) is 55.8 Å². The van der Waals surface area contributed by atoms with Crippen molar-refractivity contribution in [2.75, 3.05) is 6.54 Å². The number of hydrogen-bond donors (Lipinski definition) is 1. The Bertz CT molecular complexity index is 455. The molecule has 0 heterocycles. The predicted molar refractivity (Wildman–Crippen MR) is 82.4 cm³/mol. The van der Waals surface area contributed by atoms with Crippen LogP contribution >= 0.6 is 27.5 Å². The summed E-state index contributed by atoms with van der Waals surface area (Å²) in [7, 11) is 0. The Morgan fingerprint density at radius 2 is 2.00 bits per heavy atom. The van der Waals surface area contributed by atoms with Crippen molar-refractivity contribution in [3.8, 4) is 0 Å². The molecule has 0 spiro atoms. The van der Waals surface area contributed by atoms with Gasteiger partial charge in [0.05, 0.1) is 0 Å². The van der Waals surface area contributed by atoms with Gasteiger partial charge in [0.2, 0.25) is 0 Å². The number of rotatable bonds is 4. The van der Waals surface area contributed by atoms with Crippen LogP contribution in [0.3, 0.4) is 0 Å². The van der Waals surface area contributed by atoms with E-state index in [1.54, 1.807) is 0 Å². The second-order valence-corrected chi connectivity index (χ2v) is 6.66. The summed E-state index contributed by atoms with van der Waals surface area (Å²) in [5, 5.41) is 0.665. The van der Waals surface area contributed by atoms with Crippen LogP contribution in [0, 0.1) is 11.8 Å². The standard InChI is InChI=1S/C15H19BrClNO/c16-13-6-5-12(14(17)8-13)7-15(19)11-3-1-10(9-18)2-4-11/h5-6,8,10-11H,1-4,7,9,18H2. The average molecular weight is 345 g/mol. The van der Waals surface area contributed by atoms with Crippen LogP contribution in [0.15, 0.2) is 22.7 Å². The normalized spacial score (nSPS) is 23.3. The zero-order chi connectivity index (χ0) is 13.8. The first-order chi connectivity index (χ1) is 9.10. The maximum absolute atomic E-state index is 12.3. The number of nitrogens with two attached hydrogens (primary N) is 1. The molecule has 0 bridgehead atoms. The summed E-state index contributed by atoms with van der Waals surface area (Å²) in [6.07, 6.45) is 4.58. The summed E-state index contributed by atoms with van der Waals surface area (Å²) in [5.41, 5.74) is 6.60. The summed E-state index contributed by atoms with van der Waals surface area (Å²) in [4.78, 5) is 12.3. The lowest BCUT2D eigenvalue weighted by Gasteiger charge is -2.26. The number of hydrogen-bond acceptors (Lipinski definition) is 2. The van der Waals surface area contributed by atoms with Gasteiger partial charge in [-0.1, -0.05) is 33.6 Å². The third-order valence-electron chi connectivity index (χ3n) is 4.02. The molecule has 0 aromatic heterocycles. The van der Waals surface area contributed by atoms with Crippen LogP contribution in [0.25, 0.3) is 0 Å². The van der Waals surface area contributed by atoms with Crippen LogP contribution < -0.4 is 5.73 Å². The molecular formula is C15H19BrClNO. The molecule has 104 valence electrons. The number of Topliss-reactive ketones (excluding diaryl/α,β-unsaturated/α-hetero) is 1. The van der Waals surface area contributed by atoms with E-state index >= 15 is 0 Å². The molecule has 1 saturated carbocycles. The van der Waals surface area contributed by atoms with Crippen LogP contribution in [-0.4, -0.2) is 12.3 Å². The number of benzene rings is 1. The molecule has 0 amide bonds. The number of carbonyl (C=O) groups is 1. The molecule has 19 heavy (non-hydrogen) atoms. The monoisotopic (exact) mass is 343 g/mol. The van der Waals surface area contributed by atoms with Crippen molar-refractivity contribution in [2.45, 2.75) is 32.1 Å². The van der Waals surface area contributed by atoms with E-state index in [4.69, 9.17) is 17.3 Å². The highest BCUT2D eigenvalue weighted by atomic mass is 79.9. The maximum atomic E-state index is 12.3. The molecule has 1 aromatic rings. The molecular weight excluding hydrogens is 326 g/mol. The third-order valence-corrected chi connectivity index (χ3v) is 4.86. The van der Waals surface area contributed by atoms with Crippen molar-refractivity contribution < 1.29 is 4.79 Å². The Kier molecular flexibility index (Phi) is 5.43. The second kappa shape index (κ2) is 6.87. The van der Waals surface area contributed by atoms with Crippen LogP contribution in [0.4, 0.5) is 0 Å². The minimum absolute atomic E-state index is 0.197. The van der Waals surface area contributed by atoms with Crippen molar-refractivity contribution in [2.24, 2.45) is 17.6 Å². The number of carbonyl (C=O) groups excluding carboxylic acids is 1. The minimum Gasteiger partial charge on any atom is -0.330 e. The SMILES string of the molecule is NCC1CCC(C(=O)Cc2ccc(Br)cc2Cl)CC1. The lowest BCUT2D eigenvalue weighted by molar-refractivity contribution is -0.123. The lowest BCUT2D eigenvalue weighted by Crippen LogP contribution is -2.26. The largest absolute Gasteiger partial charge is 0.330 e. The van der Waals surface area contributed by atoms with Gasteiger partial charge in [-0.25, -0.2) is 0 Å². The predicted octanol–water partition coefficient (Wildman–Crippen LogP) is 3.98. The van der Waals surface area contributed by atoms with Crippen LogP contribution in [-0.2, 0) is 11.2 Å². The molecule has 0 aliphatic heterocycles. The summed E-state index contributed by atoms with van der Waals surface area (Å²) in [6.45, 7) is 0.749. The molecule has 1 aliphatic rings. The molecule has 0 unspecified atom stereocenters. The van der Waals surface area contributed by atoms with Gasteiger partial charge in [-0.2, -0.15) is 0 Å². The maximum Gasteiger partial charge on any atom is 0.140 e. The Balaban J connectivity index is 1.94. The second-order valence-electron chi connectivity index (χ2n) is 5.33. The molecule has 4 heteroatoms. The van der Waals surface area contributed by atoms with E-state index in [9.17, 15) is 4.79 Å². The molecule has 2 N–H and O–H groups in total. The van der Waals surface area contributed by atoms with Gasteiger partial charge in [-0.15, -0.1) is 0 Å². The number of halogens is 2. The molecule has 0 atom stereocenters. The molecule has 1 fully saturated rings. The van der Waals surface area contributed by atoms with E-state index in [0.29, 0.717) is 23.1 Å².